The molecule has 0 aromatic rings. The minimum Gasteiger partial charge on any atom is -0.481 e. The van der Waals surface area contributed by atoms with E-state index < -0.39 is 35.3 Å². The Morgan fingerprint density at radius 3 is 1.83 bits per heavy atom. The fraction of sp³-hybridized carbons (Fsp3) is 0.800. The highest BCUT2D eigenvalue weighted by atomic mass is 28.1. The lowest BCUT2D eigenvalue weighted by Crippen LogP contribution is -2.63. The van der Waals surface area contributed by atoms with Crippen LogP contribution in [-0.2, 0) is 23.8 Å². The number of rotatable bonds is 8. The number of aliphatic carboxylic acids is 2. The van der Waals surface area contributed by atoms with Crippen LogP contribution in [0.15, 0.2) is 0 Å². The van der Waals surface area contributed by atoms with Crippen molar-refractivity contribution in [2.75, 3.05) is 21.3 Å². The first kappa shape index (κ1) is 17.0. The second-order valence-electron chi connectivity index (χ2n) is 4.15. The van der Waals surface area contributed by atoms with Gasteiger partial charge in [0.25, 0.3) is 0 Å². The standard InChI is InChI=1S/C10H20O7Si/c1-9(15-2,16-3)10(18,17-4)6(8(13)14)5-7(11)12/h6H,5H2,1-4,18H3,(H,11,12)(H,13,14). The molecule has 0 aliphatic carbocycles. The van der Waals surface area contributed by atoms with E-state index in [1.54, 1.807) is 0 Å². The van der Waals surface area contributed by atoms with Crippen molar-refractivity contribution >= 4 is 22.2 Å². The number of ether oxygens (including phenoxy) is 3. The highest BCUT2D eigenvalue weighted by Gasteiger charge is 2.54. The zero-order valence-corrected chi connectivity index (χ0v) is 13.2. The fourth-order valence-corrected chi connectivity index (χ4v) is 2.68. The number of methoxy groups -OCH3 is 3. The molecule has 0 aliphatic heterocycles. The smallest absolute Gasteiger partial charge is 0.309 e. The van der Waals surface area contributed by atoms with Crippen LogP contribution in [0.3, 0.4) is 0 Å². The van der Waals surface area contributed by atoms with Gasteiger partial charge >= 0.3 is 11.9 Å². The van der Waals surface area contributed by atoms with E-state index in [4.69, 9.17) is 19.3 Å². The van der Waals surface area contributed by atoms with E-state index in [-0.39, 0.29) is 10.2 Å². The van der Waals surface area contributed by atoms with Crippen LogP contribution < -0.4 is 0 Å². The maximum Gasteiger partial charge on any atom is 0.309 e. The number of hydrogen-bond acceptors (Lipinski definition) is 5. The van der Waals surface area contributed by atoms with Crippen molar-refractivity contribution in [2.24, 2.45) is 5.92 Å². The Balaban J connectivity index is 5.57. The molecule has 2 atom stereocenters. The van der Waals surface area contributed by atoms with Crippen LogP contribution >= 0.6 is 0 Å². The number of carbonyl (C=O) groups is 2. The molecule has 0 radical (unpaired) electrons. The van der Waals surface area contributed by atoms with Crippen LogP contribution in [0.1, 0.15) is 13.3 Å². The molecule has 2 unspecified atom stereocenters. The first-order chi connectivity index (χ1) is 8.18. The second-order valence-corrected chi connectivity index (χ2v) is 5.64. The molecule has 0 heterocycles. The van der Waals surface area contributed by atoms with Gasteiger partial charge in [0, 0.05) is 21.3 Å². The summed E-state index contributed by atoms with van der Waals surface area (Å²) in [7, 11) is 4.25. The normalized spacial score (nSPS) is 17.1. The SMILES string of the molecule is COC(C)(OC)C([SiH3])(OC)C(CC(=O)O)C(=O)O. The van der Waals surface area contributed by atoms with Gasteiger partial charge in [0.1, 0.15) is 5.22 Å². The Morgan fingerprint density at radius 2 is 1.61 bits per heavy atom. The zero-order chi connectivity index (χ0) is 14.6. The van der Waals surface area contributed by atoms with Crippen LogP contribution in [0.25, 0.3) is 0 Å². The summed E-state index contributed by atoms with van der Waals surface area (Å²) in [5, 5.41) is 16.7. The van der Waals surface area contributed by atoms with Gasteiger partial charge in [-0.1, -0.05) is 0 Å². The van der Waals surface area contributed by atoms with E-state index in [9.17, 15) is 14.7 Å². The predicted octanol–water partition coefficient (Wildman–Crippen LogP) is -1.12. The minimum atomic E-state index is -1.33. The van der Waals surface area contributed by atoms with Gasteiger partial charge in [-0.15, -0.1) is 0 Å². The van der Waals surface area contributed by atoms with Crippen LogP contribution in [0.2, 0.25) is 0 Å². The van der Waals surface area contributed by atoms with E-state index in [0.717, 1.165) is 0 Å². The van der Waals surface area contributed by atoms with Gasteiger partial charge in [0.2, 0.25) is 0 Å². The summed E-state index contributed by atoms with van der Waals surface area (Å²) in [6, 6.07) is 0. The summed E-state index contributed by atoms with van der Waals surface area (Å²) < 4.78 is 15.7. The number of carboxylic acids is 2. The second kappa shape index (κ2) is 6.28. The Labute approximate surface area is 108 Å². The summed E-state index contributed by atoms with van der Waals surface area (Å²) in [5.41, 5.74) is 0. The maximum absolute atomic E-state index is 11.3. The van der Waals surface area contributed by atoms with E-state index in [1.165, 1.54) is 28.3 Å². The Morgan fingerprint density at radius 1 is 1.17 bits per heavy atom. The first-order valence-electron chi connectivity index (χ1n) is 5.28. The van der Waals surface area contributed by atoms with Gasteiger partial charge in [-0.05, 0) is 6.92 Å². The largest absolute Gasteiger partial charge is 0.481 e. The molecule has 7 nitrogen and oxygen atoms in total. The molecule has 0 amide bonds. The lowest BCUT2D eigenvalue weighted by atomic mass is 9.91. The van der Waals surface area contributed by atoms with Gasteiger partial charge in [-0.3, -0.25) is 9.59 Å². The highest BCUT2D eigenvalue weighted by Crippen LogP contribution is 2.35. The molecule has 0 fully saturated rings. The summed E-state index contributed by atoms with van der Waals surface area (Å²) in [6.07, 6.45) is -0.561. The van der Waals surface area contributed by atoms with Crippen LogP contribution in [0, 0.1) is 5.92 Å². The molecule has 8 heteroatoms. The quantitative estimate of drug-likeness (QED) is 0.429. The Hall–Kier alpha value is -0.963. The van der Waals surface area contributed by atoms with E-state index in [0.29, 0.717) is 0 Å². The van der Waals surface area contributed by atoms with Gasteiger partial charge in [0.15, 0.2) is 5.79 Å². The third-order valence-corrected chi connectivity index (χ3v) is 5.46. The van der Waals surface area contributed by atoms with Crippen molar-refractivity contribution in [3.05, 3.63) is 0 Å². The number of hydrogen-bond donors (Lipinski definition) is 2. The van der Waals surface area contributed by atoms with Crippen molar-refractivity contribution in [3.63, 3.8) is 0 Å². The fourth-order valence-electron chi connectivity index (χ4n) is 1.83. The molecular formula is C10H20O7Si. The molecule has 0 aromatic heterocycles. The lowest BCUT2D eigenvalue weighted by molar-refractivity contribution is -0.283. The van der Waals surface area contributed by atoms with Crippen LogP contribution in [-0.4, -0.2) is 64.7 Å². The third kappa shape index (κ3) is 3.08. The van der Waals surface area contributed by atoms with Gasteiger partial charge in [-0.25, -0.2) is 0 Å². The Bertz CT molecular complexity index is 315. The van der Waals surface area contributed by atoms with Crippen LogP contribution in [0.4, 0.5) is 0 Å². The van der Waals surface area contributed by atoms with Gasteiger partial charge in [0.05, 0.1) is 22.6 Å². The average molecular weight is 280 g/mol. The summed E-state index contributed by atoms with van der Waals surface area (Å²) in [5.74, 6) is -5.05. The topological polar surface area (TPSA) is 102 Å². The molecule has 0 spiro atoms. The minimum absolute atomic E-state index is 0.216. The molecule has 106 valence electrons. The molecule has 0 aromatic carbocycles. The van der Waals surface area contributed by atoms with E-state index >= 15 is 0 Å². The molecule has 0 aliphatic rings. The molecule has 0 bridgehead atoms. The number of carboxylic acid groups (broad SMARTS) is 2. The predicted molar refractivity (Wildman–Crippen MR) is 65.5 cm³/mol. The monoisotopic (exact) mass is 280 g/mol. The molecule has 0 saturated carbocycles. The van der Waals surface area contributed by atoms with Crippen molar-refractivity contribution < 1.29 is 34.0 Å². The summed E-state index contributed by atoms with van der Waals surface area (Å²) in [6.45, 7) is 1.53. The highest BCUT2D eigenvalue weighted by molar-refractivity contribution is 6.17. The molecule has 0 saturated heterocycles. The van der Waals surface area contributed by atoms with E-state index in [1.807, 2.05) is 0 Å². The van der Waals surface area contributed by atoms with Crippen molar-refractivity contribution in [3.8, 4) is 0 Å². The zero-order valence-electron chi connectivity index (χ0n) is 11.2. The Kier molecular flexibility index (Phi) is 5.94. The van der Waals surface area contributed by atoms with E-state index in [2.05, 4.69) is 0 Å². The summed E-state index contributed by atoms with van der Waals surface area (Å²) >= 11 is 0. The van der Waals surface area contributed by atoms with Crippen molar-refractivity contribution in [2.45, 2.75) is 24.4 Å². The maximum atomic E-state index is 11.3. The molecule has 18 heavy (non-hydrogen) atoms. The van der Waals surface area contributed by atoms with Gasteiger partial charge in [-0.2, -0.15) is 0 Å². The average Bonchev–Trinajstić information content (AvgIpc) is 2.33. The van der Waals surface area contributed by atoms with Gasteiger partial charge < -0.3 is 24.4 Å². The lowest BCUT2D eigenvalue weighted by Gasteiger charge is -2.46. The third-order valence-electron chi connectivity index (χ3n) is 3.45. The van der Waals surface area contributed by atoms with Crippen molar-refractivity contribution in [1.82, 2.24) is 0 Å². The molecule has 2 N–H and O–H groups in total. The van der Waals surface area contributed by atoms with Crippen molar-refractivity contribution in [1.29, 1.82) is 0 Å². The molecule has 0 rings (SSSR count). The summed E-state index contributed by atoms with van der Waals surface area (Å²) in [4.78, 5) is 22.1. The first-order valence-corrected chi connectivity index (χ1v) is 6.28. The molecular weight excluding hydrogens is 260 g/mol. The van der Waals surface area contributed by atoms with Crippen LogP contribution in [0.5, 0.6) is 0 Å².